The highest BCUT2D eigenvalue weighted by molar-refractivity contribution is 6.07. The van der Waals surface area contributed by atoms with E-state index < -0.39 is 5.60 Å². The van der Waals surface area contributed by atoms with Crippen molar-refractivity contribution in [3.8, 4) is 11.5 Å². The molecule has 4 nitrogen and oxygen atoms in total. The Kier molecular flexibility index (Phi) is 2.92. The fourth-order valence-electron chi connectivity index (χ4n) is 4.53. The van der Waals surface area contributed by atoms with Crippen molar-refractivity contribution in [2.75, 3.05) is 7.11 Å². The average molecular weight is 324 g/mol. The number of methoxy groups -OCH3 is 1. The summed E-state index contributed by atoms with van der Waals surface area (Å²) in [6.07, 6.45) is 0.440. The van der Waals surface area contributed by atoms with Crippen molar-refractivity contribution in [1.29, 1.82) is 0 Å². The lowest BCUT2D eigenvalue weighted by Crippen LogP contribution is -2.48. The fourth-order valence-corrected chi connectivity index (χ4v) is 4.53. The maximum Gasteiger partial charge on any atom is 0.199 e. The van der Waals surface area contributed by atoms with Crippen LogP contribution in [0.25, 0.3) is 0 Å². The van der Waals surface area contributed by atoms with Crippen LogP contribution in [0, 0.1) is 5.92 Å². The zero-order valence-corrected chi connectivity index (χ0v) is 14.0. The number of phenols is 1. The van der Waals surface area contributed by atoms with Crippen LogP contribution in [0.4, 0.5) is 0 Å². The molecule has 0 bridgehead atoms. The van der Waals surface area contributed by atoms with Crippen LogP contribution in [-0.4, -0.2) is 23.1 Å². The molecule has 0 aliphatic heterocycles. The van der Waals surface area contributed by atoms with Crippen molar-refractivity contribution >= 4 is 5.78 Å². The van der Waals surface area contributed by atoms with Crippen LogP contribution < -0.4 is 4.74 Å². The molecule has 4 heteroatoms. The maximum atomic E-state index is 13.3. The normalized spacial score (nSPS) is 26.5. The molecule has 0 saturated carbocycles. The summed E-state index contributed by atoms with van der Waals surface area (Å²) in [5.41, 5.74) is 0.675. The van der Waals surface area contributed by atoms with Gasteiger partial charge >= 0.3 is 0 Å². The summed E-state index contributed by atoms with van der Waals surface area (Å²) in [6, 6.07) is 10.7. The van der Waals surface area contributed by atoms with E-state index in [1.54, 1.807) is 6.07 Å². The zero-order valence-electron chi connectivity index (χ0n) is 14.0. The Labute approximate surface area is 140 Å². The summed E-state index contributed by atoms with van der Waals surface area (Å²) in [5, 5.41) is 21.9. The lowest BCUT2D eigenvalue weighted by Gasteiger charge is -2.40. The van der Waals surface area contributed by atoms with Gasteiger partial charge in [-0.05, 0) is 29.0 Å². The molecule has 2 N–H and O–H groups in total. The highest BCUT2D eigenvalue weighted by atomic mass is 16.5. The van der Waals surface area contributed by atoms with E-state index in [1.165, 1.54) is 13.2 Å². The molecule has 0 amide bonds. The molecule has 124 valence electrons. The molecule has 24 heavy (non-hydrogen) atoms. The Morgan fingerprint density at radius 2 is 1.83 bits per heavy atom. The number of Topliss-reactive ketones (excluding diaryl/α,β-unsaturated/α-hetero) is 1. The number of phenolic OH excluding ortho intramolecular Hbond substituents is 1. The van der Waals surface area contributed by atoms with Crippen molar-refractivity contribution in [1.82, 2.24) is 0 Å². The van der Waals surface area contributed by atoms with Gasteiger partial charge in [-0.2, -0.15) is 0 Å². The topological polar surface area (TPSA) is 66.8 Å². The lowest BCUT2D eigenvalue weighted by atomic mass is 9.65. The fraction of sp³-hybridized carbons (Fsp3) is 0.350. The first-order valence-electron chi connectivity index (χ1n) is 8.08. The minimum atomic E-state index is -1.56. The Morgan fingerprint density at radius 1 is 1.17 bits per heavy atom. The number of aromatic hydroxyl groups is 1. The molecule has 0 saturated heterocycles. The van der Waals surface area contributed by atoms with E-state index in [9.17, 15) is 15.0 Å². The van der Waals surface area contributed by atoms with Gasteiger partial charge in [-0.15, -0.1) is 0 Å². The van der Waals surface area contributed by atoms with Gasteiger partial charge in [-0.3, -0.25) is 4.79 Å². The van der Waals surface area contributed by atoms with Crippen LogP contribution in [0.15, 0.2) is 36.4 Å². The van der Waals surface area contributed by atoms with Crippen molar-refractivity contribution < 1.29 is 19.7 Å². The summed E-state index contributed by atoms with van der Waals surface area (Å²) in [7, 11) is 1.49. The second-order valence-electron chi connectivity index (χ2n) is 7.29. The minimum Gasteiger partial charge on any atom is -0.508 e. The summed E-state index contributed by atoms with van der Waals surface area (Å²) in [6.45, 7) is 4.10. The molecule has 0 aromatic heterocycles. The SMILES string of the molecule is COc1cc(O)c2c(c1)C(=O)[C@@]1(O)c3ccccc3C(C)(C)[C@@H]1C2. The van der Waals surface area contributed by atoms with E-state index >= 15 is 0 Å². The molecule has 0 spiro atoms. The minimum absolute atomic E-state index is 0.0477. The summed E-state index contributed by atoms with van der Waals surface area (Å²) in [4.78, 5) is 13.3. The Balaban J connectivity index is 2.00. The summed E-state index contributed by atoms with van der Waals surface area (Å²) >= 11 is 0. The number of ketones is 1. The molecule has 4 rings (SSSR count). The van der Waals surface area contributed by atoms with Gasteiger partial charge in [0.1, 0.15) is 11.5 Å². The van der Waals surface area contributed by atoms with Gasteiger partial charge in [0.05, 0.1) is 7.11 Å². The molecule has 2 aliphatic rings. The van der Waals surface area contributed by atoms with Crippen molar-refractivity contribution in [2.45, 2.75) is 31.3 Å². The smallest absolute Gasteiger partial charge is 0.199 e. The maximum absolute atomic E-state index is 13.3. The molecule has 2 aromatic rings. The quantitative estimate of drug-likeness (QED) is 0.846. The van der Waals surface area contributed by atoms with E-state index in [2.05, 4.69) is 0 Å². The third kappa shape index (κ3) is 1.64. The number of carbonyl (C=O) groups is 1. The Morgan fingerprint density at radius 3 is 2.50 bits per heavy atom. The number of hydrogen-bond donors (Lipinski definition) is 2. The number of rotatable bonds is 1. The highest BCUT2D eigenvalue weighted by Crippen LogP contribution is 2.58. The third-order valence-corrected chi connectivity index (χ3v) is 5.84. The van der Waals surface area contributed by atoms with E-state index in [0.717, 1.165) is 5.56 Å². The van der Waals surface area contributed by atoms with Crippen LogP contribution in [0.1, 0.15) is 40.9 Å². The molecule has 0 heterocycles. The van der Waals surface area contributed by atoms with Gasteiger partial charge in [0, 0.05) is 23.1 Å². The summed E-state index contributed by atoms with van der Waals surface area (Å²) < 4.78 is 5.17. The molecular formula is C20H20O4. The Hall–Kier alpha value is -2.33. The average Bonchev–Trinajstić information content (AvgIpc) is 2.75. The molecule has 2 aliphatic carbocycles. The predicted molar refractivity (Wildman–Crippen MR) is 89.5 cm³/mol. The van der Waals surface area contributed by atoms with E-state index in [0.29, 0.717) is 28.9 Å². The molecule has 0 unspecified atom stereocenters. The Bertz CT molecular complexity index is 868. The van der Waals surface area contributed by atoms with Gasteiger partial charge in [-0.25, -0.2) is 0 Å². The summed E-state index contributed by atoms with van der Waals surface area (Å²) in [5.74, 6) is -0.221. The van der Waals surface area contributed by atoms with E-state index in [-0.39, 0.29) is 22.9 Å². The predicted octanol–water partition coefficient (Wildman–Crippen LogP) is 2.93. The van der Waals surface area contributed by atoms with Gasteiger partial charge in [-0.1, -0.05) is 38.1 Å². The number of fused-ring (bicyclic) bond motifs is 4. The molecule has 0 fully saturated rings. The second-order valence-corrected chi connectivity index (χ2v) is 7.29. The van der Waals surface area contributed by atoms with Gasteiger partial charge < -0.3 is 14.9 Å². The second kappa shape index (κ2) is 4.61. The van der Waals surface area contributed by atoms with Crippen LogP contribution in [0.3, 0.4) is 0 Å². The molecule has 2 aromatic carbocycles. The van der Waals surface area contributed by atoms with Crippen LogP contribution in [0.5, 0.6) is 11.5 Å². The third-order valence-electron chi connectivity index (χ3n) is 5.84. The largest absolute Gasteiger partial charge is 0.508 e. The first-order chi connectivity index (χ1) is 11.3. The monoisotopic (exact) mass is 324 g/mol. The standard InChI is InChI=1S/C20H20O4/c1-19(2)14-6-4-5-7-15(14)20(23)17(19)10-12-13(18(20)22)8-11(24-3)9-16(12)21/h4-9,17,21,23H,10H2,1-3H3/t17-,20+/m0/s1. The molecular weight excluding hydrogens is 304 g/mol. The van der Waals surface area contributed by atoms with Crippen molar-refractivity contribution in [3.05, 3.63) is 58.7 Å². The van der Waals surface area contributed by atoms with Crippen LogP contribution in [0.2, 0.25) is 0 Å². The van der Waals surface area contributed by atoms with Crippen LogP contribution >= 0.6 is 0 Å². The number of hydrogen-bond acceptors (Lipinski definition) is 4. The zero-order chi connectivity index (χ0) is 17.3. The number of ether oxygens (including phenoxy) is 1. The molecule has 2 atom stereocenters. The number of aliphatic hydroxyl groups is 1. The van der Waals surface area contributed by atoms with Gasteiger partial charge in [0.15, 0.2) is 11.4 Å². The van der Waals surface area contributed by atoms with E-state index in [4.69, 9.17) is 4.74 Å². The first kappa shape index (κ1) is 15.2. The van der Waals surface area contributed by atoms with Gasteiger partial charge in [0.25, 0.3) is 0 Å². The van der Waals surface area contributed by atoms with Crippen molar-refractivity contribution in [2.24, 2.45) is 5.92 Å². The molecule has 0 radical (unpaired) electrons. The lowest BCUT2D eigenvalue weighted by molar-refractivity contribution is -0.0181. The highest BCUT2D eigenvalue weighted by Gasteiger charge is 2.61. The number of carbonyl (C=O) groups excluding carboxylic acids is 1. The van der Waals surface area contributed by atoms with Crippen molar-refractivity contribution in [3.63, 3.8) is 0 Å². The first-order valence-corrected chi connectivity index (χ1v) is 8.08. The van der Waals surface area contributed by atoms with Crippen LogP contribution in [-0.2, 0) is 17.4 Å². The van der Waals surface area contributed by atoms with Gasteiger partial charge in [0.2, 0.25) is 0 Å². The number of benzene rings is 2. The van der Waals surface area contributed by atoms with E-state index in [1.807, 2.05) is 38.1 Å².